The number of para-hydroxylation sites is 1. The third-order valence-corrected chi connectivity index (χ3v) is 9.69. The van der Waals surface area contributed by atoms with Gasteiger partial charge in [-0.2, -0.15) is 0 Å². The molecule has 0 radical (unpaired) electrons. The molecule has 40 heavy (non-hydrogen) atoms. The van der Waals surface area contributed by atoms with E-state index in [-0.39, 0.29) is 5.41 Å². The van der Waals surface area contributed by atoms with Crippen LogP contribution in [-0.4, -0.2) is 4.57 Å². The van der Waals surface area contributed by atoms with E-state index >= 15 is 0 Å². The molecule has 0 aliphatic heterocycles. The number of allylic oxidation sites excluding steroid dienone is 6. The first-order chi connectivity index (χ1) is 19.8. The highest BCUT2D eigenvalue weighted by Gasteiger charge is 2.52. The van der Waals surface area contributed by atoms with Gasteiger partial charge in [-0.05, 0) is 75.7 Å². The third-order valence-electron chi connectivity index (χ3n) is 9.16. The molecule has 1 aromatic heterocycles. The number of aromatic nitrogens is 1. The molecule has 5 aromatic carbocycles. The van der Waals surface area contributed by atoms with Crippen LogP contribution in [0.2, 0.25) is 0 Å². The molecule has 2 heteroatoms. The number of hydrogen-bond donors (Lipinski definition) is 0. The summed E-state index contributed by atoms with van der Waals surface area (Å²) in [7, 11) is 0. The van der Waals surface area contributed by atoms with E-state index in [9.17, 15) is 0 Å². The van der Waals surface area contributed by atoms with Gasteiger partial charge in [0.15, 0.2) is 0 Å². The van der Waals surface area contributed by atoms with E-state index in [0.717, 1.165) is 10.9 Å². The van der Waals surface area contributed by atoms with Crippen molar-refractivity contribution >= 4 is 43.3 Å². The molecule has 1 nitrogen and oxygen atoms in total. The molecule has 188 valence electrons. The van der Waals surface area contributed by atoms with Gasteiger partial charge in [0.1, 0.15) is 0 Å². The zero-order valence-corrected chi connectivity index (χ0v) is 23.3. The van der Waals surface area contributed by atoms with Crippen LogP contribution >= 0.6 is 15.9 Å². The minimum Gasteiger partial charge on any atom is -0.309 e. The molecule has 3 aliphatic carbocycles. The van der Waals surface area contributed by atoms with Crippen LogP contribution in [-0.2, 0) is 5.41 Å². The summed E-state index contributed by atoms with van der Waals surface area (Å²) in [6, 6.07) is 40.6. The van der Waals surface area contributed by atoms with E-state index in [4.69, 9.17) is 0 Å². The lowest BCUT2D eigenvalue weighted by Gasteiger charge is -2.32. The quantitative estimate of drug-likeness (QED) is 0.184. The topological polar surface area (TPSA) is 4.93 Å². The van der Waals surface area contributed by atoms with Crippen molar-refractivity contribution in [1.29, 1.82) is 0 Å². The number of rotatable bonds is 1. The Morgan fingerprint density at radius 1 is 0.625 bits per heavy atom. The van der Waals surface area contributed by atoms with Gasteiger partial charge in [0.05, 0.1) is 16.4 Å². The van der Waals surface area contributed by atoms with Gasteiger partial charge in [0.25, 0.3) is 0 Å². The Morgan fingerprint density at radius 2 is 1.35 bits per heavy atom. The number of nitrogens with zero attached hydrogens (tertiary/aromatic N) is 1. The van der Waals surface area contributed by atoms with Crippen LogP contribution in [0.3, 0.4) is 0 Å². The van der Waals surface area contributed by atoms with Crippen LogP contribution in [0.15, 0.2) is 144 Å². The minimum absolute atomic E-state index is 0.313. The summed E-state index contributed by atoms with van der Waals surface area (Å²) in [4.78, 5) is 0. The van der Waals surface area contributed by atoms with E-state index in [1.54, 1.807) is 0 Å². The number of hydrogen-bond acceptors (Lipinski definition) is 0. The van der Waals surface area contributed by atoms with E-state index in [1.807, 2.05) is 0 Å². The van der Waals surface area contributed by atoms with Crippen molar-refractivity contribution < 1.29 is 0 Å². The zero-order chi connectivity index (χ0) is 26.4. The third kappa shape index (κ3) is 2.67. The Hall–Kier alpha value is -4.40. The molecule has 1 heterocycles. The van der Waals surface area contributed by atoms with Crippen LogP contribution in [0.1, 0.15) is 28.7 Å². The number of fused-ring (bicyclic) bond motifs is 13. The van der Waals surface area contributed by atoms with Crippen molar-refractivity contribution in [2.75, 3.05) is 0 Å². The fourth-order valence-electron chi connectivity index (χ4n) is 7.73. The van der Waals surface area contributed by atoms with Gasteiger partial charge in [0.2, 0.25) is 0 Å². The summed E-state index contributed by atoms with van der Waals surface area (Å²) in [5.41, 5.74) is 14.5. The molecule has 0 bridgehead atoms. The van der Waals surface area contributed by atoms with E-state index in [0.29, 0.717) is 0 Å². The summed E-state index contributed by atoms with van der Waals surface area (Å²) in [5.74, 6) is 0. The highest BCUT2D eigenvalue weighted by molar-refractivity contribution is 9.10. The van der Waals surface area contributed by atoms with Crippen LogP contribution in [0, 0.1) is 0 Å². The summed E-state index contributed by atoms with van der Waals surface area (Å²) < 4.78 is 3.57. The van der Waals surface area contributed by atoms with E-state index < -0.39 is 0 Å². The second-order valence-corrected chi connectivity index (χ2v) is 11.9. The van der Waals surface area contributed by atoms with Gasteiger partial charge in [-0.15, -0.1) is 0 Å². The van der Waals surface area contributed by atoms with Crippen molar-refractivity contribution in [3.8, 4) is 16.8 Å². The Balaban J connectivity index is 1.50. The van der Waals surface area contributed by atoms with Crippen molar-refractivity contribution in [2.45, 2.75) is 11.8 Å². The number of benzene rings is 5. The standard InChI is InChI=1S/C38H24BrN/c39-24-18-20-25(21-19-24)40-35-17-9-6-12-28(35)29-22-23-34-36(37(29)40)30-13-5-8-16-33(30)38(34)31-14-3-1-2-10-26(31)27-11-4-7-15-32(27)38/h1-13,15-23H,14H2. The Morgan fingerprint density at radius 3 is 2.20 bits per heavy atom. The Bertz CT molecular complexity index is 2140. The van der Waals surface area contributed by atoms with Crippen molar-refractivity contribution in [2.24, 2.45) is 0 Å². The molecule has 0 fully saturated rings. The van der Waals surface area contributed by atoms with Crippen LogP contribution in [0.25, 0.3) is 44.2 Å². The van der Waals surface area contributed by atoms with Gasteiger partial charge >= 0.3 is 0 Å². The summed E-state index contributed by atoms with van der Waals surface area (Å²) in [6.07, 6.45) is 9.98. The Kier molecular flexibility index (Phi) is 4.52. The van der Waals surface area contributed by atoms with Gasteiger partial charge in [0, 0.05) is 26.5 Å². The minimum atomic E-state index is -0.313. The van der Waals surface area contributed by atoms with E-state index in [2.05, 4.69) is 154 Å². The summed E-state index contributed by atoms with van der Waals surface area (Å²) in [5, 5.41) is 2.58. The molecule has 9 rings (SSSR count). The first-order valence-electron chi connectivity index (χ1n) is 13.9. The fraction of sp³-hybridized carbons (Fsp3) is 0.0526. The van der Waals surface area contributed by atoms with E-state index in [1.165, 1.54) is 72.0 Å². The molecular weight excluding hydrogens is 550 g/mol. The highest BCUT2D eigenvalue weighted by atomic mass is 79.9. The molecular formula is C38H24BrN. The van der Waals surface area contributed by atoms with Crippen molar-refractivity contribution in [3.63, 3.8) is 0 Å². The monoisotopic (exact) mass is 573 g/mol. The lowest BCUT2D eigenvalue weighted by atomic mass is 9.69. The maximum atomic E-state index is 3.65. The van der Waals surface area contributed by atoms with Gasteiger partial charge in [-0.1, -0.05) is 119 Å². The average molecular weight is 575 g/mol. The predicted octanol–water partition coefficient (Wildman–Crippen LogP) is 10.1. The molecule has 1 atom stereocenters. The molecule has 3 aliphatic rings. The molecule has 6 aromatic rings. The van der Waals surface area contributed by atoms with Gasteiger partial charge < -0.3 is 4.57 Å². The predicted molar refractivity (Wildman–Crippen MR) is 170 cm³/mol. The first kappa shape index (κ1) is 22.4. The lowest BCUT2D eigenvalue weighted by Crippen LogP contribution is -2.27. The fourth-order valence-corrected chi connectivity index (χ4v) is 8.00. The Labute approximate surface area is 241 Å². The first-order valence-corrected chi connectivity index (χ1v) is 14.7. The molecule has 0 N–H and O–H groups in total. The summed E-state index contributed by atoms with van der Waals surface area (Å²) in [6.45, 7) is 0. The zero-order valence-electron chi connectivity index (χ0n) is 21.7. The average Bonchev–Trinajstić information content (AvgIpc) is 3.49. The van der Waals surface area contributed by atoms with Crippen molar-refractivity contribution in [3.05, 3.63) is 166 Å². The van der Waals surface area contributed by atoms with Crippen LogP contribution < -0.4 is 0 Å². The van der Waals surface area contributed by atoms with Crippen LogP contribution in [0.4, 0.5) is 0 Å². The molecule has 0 saturated heterocycles. The van der Waals surface area contributed by atoms with Gasteiger partial charge in [-0.3, -0.25) is 0 Å². The van der Waals surface area contributed by atoms with Crippen molar-refractivity contribution in [1.82, 2.24) is 4.57 Å². The highest BCUT2D eigenvalue weighted by Crippen LogP contribution is 2.64. The normalized spacial score (nSPS) is 18.3. The second-order valence-electron chi connectivity index (χ2n) is 10.9. The number of halogens is 1. The van der Waals surface area contributed by atoms with Gasteiger partial charge in [-0.25, -0.2) is 0 Å². The summed E-state index contributed by atoms with van der Waals surface area (Å²) >= 11 is 3.65. The smallest absolute Gasteiger partial charge is 0.0692 e. The molecule has 0 amide bonds. The molecule has 1 spiro atoms. The largest absolute Gasteiger partial charge is 0.309 e. The maximum Gasteiger partial charge on any atom is 0.0692 e. The maximum absolute atomic E-state index is 3.65. The molecule has 1 unspecified atom stereocenters. The lowest BCUT2D eigenvalue weighted by molar-refractivity contribution is 0.747. The SMILES string of the molecule is Brc1ccc(-n2c3ccccc3c3ccc4c(c32)-c2ccccc2C42C3=C(C=CC=CC3)c3ccccc32)cc1. The van der Waals surface area contributed by atoms with Crippen LogP contribution in [0.5, 0.6) is 0 Å². The molecule has 0 saturated carbocycles. The second kappa shape index (κ2) is 8.06.